The minimum atomic E-state index is 0. The van der Waals surface area contributed by atoms with Crippen LogP contribution in [0.4, 0.5) is 0 Å². The van der Waals surface area contributed by atoms with E-state index < -0.39 is 0 Å². The molecule has 3 heterocycles. The summed E-state index contributed by atoms with van der Waals surface area (Å²) in [6.07, 6.45) is 1.65. The first-order valence-electron chi connectivity index (χ1n) is 31.7. The molecule has 0 aliphatic heterocycles. The van der Waals surface area contributed by atoms with E-state index in [1.54, 1.807) is 6.07 Å². The topological polar surface area (TPSA) is 64.1 Å². The summed E-state index contributed by atoms with van der Waals surface area (Å²) >= 11 is 0. The van der Waals surface area contributed by atoms with E-state index in [1.807, 2.05) is 6.07 Å². The number of phenolic OH excluding ortho intramolecular Hbond substituents is 1. The molecule has 0 bridgehead atoms. The van der Waals surface area contributed by atoms with Gasteiger partial charge >= 0.3 is 0 Å². The van der Waals surface area contributed by atoms with Crippen LogP contribution in [-0.4, -0.2) is 19.6 Å². The average molecular weight is 1360 g/mol. The third-order valence-electron chi connectivity index (χ3n) is 18.8. The number of nitrogens with zero attached hydrogens (tertiary/aromatic N) is 3. The molecule has 0 saturated heterocycles. The van der Waals surface area contributed by atoms with Gasteiger partial charge in [0.2, 0.25) is 0 Å². The van der Waals surface area contributed by atoms with Crippen molar-refractivity contribution in [2.75, 3.05) is 0 Å². The fourth-order valence-corrected chi connectivity index (χ4v) is 14.9. The Bertz CT molecular complexity index is 5130. The van der Waals surface area contributed by atoms with Crippen molar-refractivity contribution >= 4 is 33.0 Å². The minimum absolute atomic E-state index is 0. The van der Waals surface area contributed by atoms with Crippen LogP contribution >= 0.6 is 0 Å². The molecule has 5 nitrogen and oxygen atoms in total. The number of aryl methyl sites for hydroxylation is 7. The van der Waals surface area contributed by atoms with Crippen LogP contribution in [0.1, 0.15) is 89.6 Å². The molecule has 0 amide bonds. The molecule has 91 heavy (non-hydrogen) atoms. The van der Waals surface area contributed by atoms with Crippen molar-refractivity contribution < 1.29 is 30.6 Å². The molecule has 0 unspecified atom stereocenters. The smallest absolute Gasteiger partial charge is 0.163 e. The Balaban J connectivity index is 0.00000721. The zero-order valence-corrected chi connectivity index (χ0v) is 55.1. The molecular weight excluding hydrogens is 1290 g/mol. The second kappa shape index (κ2) is 23.6. The second-order valence-electron chi connectivity index (χ2n) is 25.4. The third-order valence-corrected chi connectivity index (χ3v) is 18.8. The molecule has 6 heteroatoms. The van der Waals surface area contributed by atoms with Crippen molar-refractivity contribution in [2.45, 2.75) is 87.0 Å². The van der Waals surface area contributed by atoms with E-state index in [2.05, 4.69) is 279 Å². The molecule has 1 N–H and O–H groups in total. The zero-order chi connectivity index (χ0) is 61.6. The maximum atomic E-state index is 11.7. The molecule has 1 aliphatic rings. The molecule has 0 saturated carbocycles. The predicted molar refractivity (Wildman–Crippen MR) is 375 cm³/mol. The van der Waals surface area contributed by atoms with Gasteiger partial charge in [-0.3, -0.25) is 4.57 Å². The Morgan fingerprint density at radius 1 is 0.462 bits per heavy atom. The first kappa shape index (κ1) is 59.0. The third kappa shape index (κ3) is 9.97. The standard InChI is InChI=1S/C85H70N3O2.Pt/c1-49(2)61-31-20-32-62(50(3)4)78(61)67-36-22-33-63(56-25-12-10-13-26-56)79(67)68-42-44-72-82(87-85(88(72)83-52(6)23-18-24-53(83)7)71-43-41-59-40-39-58-29-19-37-73(89)77(58)81(59)86-71)76(68)60-47-69-65-30-16-17-38-74(65)90-84(69)70(48-60)80-64(57-27-14-11-15-28-57)34-21-35-66(80)75-54(8)45-51(5)46-55(75)9;/h10-38,41-47,49-50,89H,39-40H2,1-9H3;/q-1;. The van der Waals surface area contributed by atoms with E-state index in [0.29, 0.717) is 11.5 Å². The number of fused-ring (bicyclic) bond motifs is 7. The van der Waals surface area contributed by atoms with Gasteiger partial charge in [-0.25, -0.2) is 9.97 Å². The van der Waals surface area contributed by atoms with Gasteiger partial charge in [0.05, 0.1) is 28.0 Å². The molecular formula is C85H70N3O2Pt-. The van der Waals surface area contributed by atoms with E-state index in [0.717, 1.165) is 152 Å². The molecule has 0 radical (unpaired) electrons. The van der Waals surface area contributed by atoms with Gasteiger partial charge in [0.1, 0.15) is 17.0 Å². The summed E-state index contributed by atoms with van der Waals surface area (Å²) in [6.45, 7) is 20.3. The first-order chi connectivity index (χ1) is 43.8. The van der Waals surface area contributed by atoms with Gasteiger partial charge in [-0.1, -0.05) is 232 Å². The molecule has 448 valence electrons. The molecule has 0 atom stereocenters. The van der Waals surface area contributed by atoms with Crippen molar-refractivity contribution in [2.24, 2.45) is 0 Å². The van der Waals surface area contributed by atoms with Crippen molar-refractivity contribution in [3.05, 3.63) is 275 Å². The van der Waals surface area contributed by atoms with E-state index in [4.69, 9.17) is 14.4 Å². The van der Waals surface area contributed by atoms with Crippen LogP contribution < -0.4 is 0 Å². The molecule has 15 rings (SSSR count). The Morgan fingerprint density at radius 3 is 1.70 bits per heavy atom. The van der Waals surface area contributed by atoms with E-state index in [-0.39, 0.29) is 38.7 Å². The average Bonchev–Trinajstić information content (AvgIpc) is 1.67. The number of pyridine rings is 1. The zero-order valence-electron chi connectivity index (χ0n) is 52.9. The summed E-state index contributed by atoms with van der Waals surface area (Å²) in [5.41, 5.74) is 32.3. The number of hydrogen-bond donors (Lipinski definition) is 1. The van der Waals surface area contributed by atoms with Crippen LogP contribution in [0, 0.1) is 40.7 Å². The van der Waals surface area contributed by atoms with E-state index in [9.17, 15) is 5.11 Å². The molecule has 14 aromatic rings. The Labute approximate surface area is 548 Å². The normalized spacial score (nSPS) is 12.1. The number of imidazole rings is 1. The number of furan rings is 1. The van der Waals surface area contributed by atoms with Crippen LogP contribution in [0.2, 0.25) is 0 Å². The summed E-state index contributed by atoms with van der Waals surface area (Å²) in [6, 6.07) is 83.3. The summed E-state index contributed by atoms with van der Waals surface area (Å²) in [5.74, 6) is 1.40. The van der Waals surface area contributed by atoms with Gasteiger partial charge in [-0.05, 0) is 195 Å². The number of rotatable bonds is 11. The van der Waals surface area contributed by atoms with Crippen molar-refractivity contribution in [3.8, 4) is 112 Å². The van der Waals surface area contributed by atoms with E-state index >= 15 is 0 Å². The molecule has 3 aromatic heterocycles. The number of hydrogen-bond acceptors (Lipinski definition) is 4. The summed E-state index contributed by atoms with van der Waals surface area (Å²) in [5, 5.41) is 13.6. The first-order valence-corrected chi connectivity index (χ1v) is 31.7. The summed E-state index contributed by atoms with van der Waals surface area (Å²) < 4.78 is 9.64. The van der Waals surface area contributed by atoms with Gasteiger partial charge in [0.15, 0.2) is 5.82 Å². The quantitative estimate of drug-likeness (QED) is 0.131. The van der Waals surface area contributed by atoms with Crippen LogP contribution in [0.15, 0.2) is 223 Å². The maximum absolute atomic E-state index is 11.7. The Morgan fingerprint density at radius 2 is 1.03 bits per heavy atom. The predicted octanol–water partition coefficient (Wildman–Crippen LogP) is 22.7. The fraction of sp³-hybridized carbons (Fsp3) is 0.153. The minimum Gasteiger partial charge on any atom is -0.507 e. The van der Waals surface area contributed by atoms with Gasteiger partial charge in [-0.2, -0.15) is 0 Å². The summed E-state index contributed by atoms with van der Waals surface area (Å²) in [4.78, 5) is 11.7. The number of benzene rings is 11. The van der Waals surface area contributed by atoms with Crippen molar-refractivity contribution in [3.63, 3.8) is 0 Å². The maximum Gasteiger partial charge on any atom is 0.163 e. The van der Waals surface area contributed by atoms with Crippen molar-refractivity contribution in [1.29, 1.82) is 0 Å². The second-order valence-corrected chi connectivity index (χ2v) is 25.4. The van der Waals surface area contributed by atoms with Gasteiger partial charge in [-0.15, -0.1) is 17.7 Å². The van der Waals surface area contributed by atoms with Crippen LogP contribution in [0.5, 0.6) is 5.75 Å². The Hall–Kier alpha value is -9.67. The van der Waals surface area contributed by atoms with E-state index in [1.165, 1.54) is 38.9 Å². The molecule has 0 fully saturated rings. The molecule has 0 spiro atoms. The monoisotopic (exact) mass is 1360 g/mol. The number of aromatic nitrogens is 3. The molecule has 1 aliphatic carbocycles. The van der Waals surface area contributed by atoms with Crippen LogP contribution in [0.25, 0.3) is 139 Å². The number of aromatic hydroxyl groups is 1. The fourth-order valence-electron chi connectivity index (χ4n) is 14.9. The summed E-state index contributed by atoms with van der Waals surface area (Å²) in [7, 11) is 0. The van der Waals surface area contributed by atoms with Crippen molar-refractivity contribution in [1.82, 2.24) is 14.5 Å². The molecule has 11 aromatic carbocycles. The van der Waals surface area contributed by atoms with Crippen LogP contribution in [0.3, 0.4) is 0 Å². The van der Waals surface area contributed by atoms with Gasteiger partial charge in [0, 0.05) is 32.0 Å². The van der Waals surface area contributed by atoms with Gasteiger partial charge < -0.3 is 9.52 Å². The Kier molecular flexibility index (Phi) is 15.3. The number of para-hydroxylation sites is 2. The SMILES string of the molecule is Cc1cc(C)c(-c2cccc(-c3ccccc3)c2-c2[c-]c(-c3c(-c4c(-c5ccccc5)cccc4-c4c(C(C)C)cccc4C(C)C)ccc4c3nc(-c3ccc5c(n3)-c3c(O)cccc3CC5)n4-c3c(C)cccc3C)cc3c2oc2ccccc23)c(C)c1.[Pt]. The number of phenols is 1. The largest absolute Gasteiger partial charge is 0.507 e. The van der Waals surface area contributed by atoms with Gasteiger partial charge in [0.25, 0.3) is 0 Å². The van der Waals surface area contributed by atoms with Crippen LogP contribution in [-0.2, 0) is 33.9 Å².